The van der Waals surface area contributed by atoms with Gasteiger partial charge < -0.3 is 5.73 Å². The third-order valence-electron chi connectivity index (χ3n) is 3.23. The molecule has 0 aliphatic carbocycles. The lowest BCUT2D eigenvalue weighted by Gasteiger charge is -2.26. The van der Waals surface area contributed by atoms with E-state index >= 15 is 0 Å². The Kier molecular flexibility index (Phi) is 3.75. The minimum absolute atomic E-state index is 0.149. The van der Waals surface area contributed by atoms with Crippen LogP contribution in [0.15, 0.2) is 18.2 Å². The standard InChI is InChI=1S/C12H16Cl2N2/c1-2-16-6-5-11(15)12(16)9-7-8(13)3-4-10(9)14/h3-4,7,11-12H,2,5-6,15H2,1H3. The molecule has 1 fully saturated rings. The van der Waals surface area contributed by atoms with E-state index in [2.05, 4.69) is 11.8 Å². The number of nitrogens with two attached hydrogens (primary N) is 1. The first-order chi connectivity index (χ1) is 7.63. The number of benzene rings is 1. The van der Waals surface area contributed by atoms with Crippen LogP contribution in [0.25, 0.3) is 0 Å². The number of nitrogens with zero attached hydrogens (tertiary/aromatic N) is 1. The van der Waals surface area contributed by atoms with Crippen molar-refractivity contribution in [2.75, 3.05) is 13.1 Å². The summed E-state index contributed by atoms with van der Waals surface area (Å²) in [7, 11) is 0. The van der Waals surface area contributed by atoms with Gasteiger partial charge in [0.1, 0.15) is 0 Å². The first-order valence-corrected chi connectivity index (χ1v) is 6.33. The fraction of sp³-hybridized carbons (Fsp3) is 0.500. The Balaban J connectivity index is 2.37. The molecule has 2 unspecified atom stereocenters. The number of halogens is 2. The molecule has 88 valence electrons. The summed E-state index contributed by atoms with van der Waals surface area (Å²) in [5.74, 6) is 0. The van der Waals surface area contributed by atoms with E-state index in [1.165, 1.54) is 0 Å². The van der Waals surface area contributed by atoms with Crippen molar-refractivity contribution in [3.05, 3.63) is 33.8 Å². The molecule has 1 heterocycles. The van der Waals surface area contributed by atoms with Crippen molar-refractivity contribution in [1.82, 2.24) is 4.90 Å². The summed E-state index contributed by atoms with van der Waals surface area (Å²) in [6, 6.07) is 5.94. The lowest BCUT2D eigenvalue weighted by Crippen LogP contribution is -2.31. The van der Waals surface area contributed by atoms with E-state index in [-0.39, 0.29) is 12.1 Å². The smallest absolute Gasteiger partial charge is 0.0514 e. The van der Waals surface area contributed by atoms with Crippen molar-refractivity contribution in [3.63, 3.8) is 0 Å². The van der Waals surface area contributed by atoms with Gasteiger partial charge in [0.15, 0.2) is 0 Å². The molecule has 0 radical (unpaired) electrons. The van der Waals surface area contributed by atoms with E-state index in [1.54, 1.807) is 0 Å². The highest BCUT2D eigenvalue weighted by Crippen LogP contribution is 2.36. The molecule has 1 aromatic carbocycles. The van der Waals surface area contributed by atoms with Crippen LogP contribution in [0.5, 0.6) is 0 Å². The molecule has 0 amide bonds. The number of hydrogen-bond donors (Lipinski definition) is 1. The van der Waals surface area contributed by atoms with Crippen LogP contribution >= 0.6 is 23.2 Å². The molecular weight excluding hydrogens is 243 g/mol. The second-order valence-electron chi connectivity index (χ2n) is 4.19. The summed E-state index contributed by atoms with van der Waals surface area (Å²) in [4.78, 5) is 2.35. The summed E-state index contributed by atoms with van der Waals surface area (Å²) in [6.07, 6.45) is 1.02. The highest BCUT2D eigenvalue weighted by molar-refractivity contribution is 6.33. The Bertz CT molecular complexity index is 381. The van der Waals surface area contributed by atoms with Gasteiger partial charge in [-0.05, 0) is 36.7 Å². The largest absolute Gasteiger partial charge is 0.326 e. The van der Waals surface area contributed by atoms with Crippen LogP contribution in [0, 0.1) is 0 Å². The average molecular weight is 259 g/mol. The van der Waals surface area contributed by atoms with Crippen molar-refractivity contribution in [1.29, 1.82) is 0 Å². The highest BCUT2D eigenvalue weighted by atomic mass is 35.5. The molecule has 0 aromatic heterocycles. The lowest BCUT2D eigenvalue weighted by atomic mass is 10.0. The molecule has 0 saturated carbocycles. The van der Waals surface area contributed by atoms with Crippen molar-refractivity contribution >= 4 is 23.2 Å². The minimum Gasteiger partial charge on any atom is -0.326 e. The quantitative estimate of drug-likeness (QED) is 0.884. The number of likely N-dealkylation sites (N-methyl/N-ethyl adjacent to an activating group) is 1. The topological polar surface area (TPSA) is 29.3 Å². The maximum Gasteiger partial charge on any atom is 0.0514 e. The van der Waals surface area contributed by atoms with Gasteiger partial charge in [0.05, 0.1) is 6.04 Å². The van der Waals surface area contributed by atoms with Crippen molar-refractivity contribution < 1.29 is 0 Å². The second kappa shape index (κ2) is 4.92. The van der Waals surface area contributed by atoms with Gasteiger partial charge in [0, 0.05) is 22.6 Å². The van der Waals surface area contributed by atoms with Gasteiger partial charge in [-0.1, -0.05) is 30.1 Å². The fourth-order valence-electron chi connectivity index (χ4n) is 2.41. The van der Waals surface area contributed by atoms with Crippen LogP contribution in [0.3, 0.4) is 0 Å². The Morgan fingerprint density at radius 1 is 1.44 bits per heavy atom. The zero-order valence-electron chi connectivity index (χ0n) is 9.29. The third kappa shape index (κ3) is 2.21. The van der Waals surface area contributed by atoms with Gasteiger partial charge in [-0.3, -0.25) is 4.90 Å². The normalized spacial score (nSPS) is 26.2. The highest BCUT2D eigenvalue weighted by Gasteiger charge is 2.33. The second-order valence-corrected chi connectivity index (χ2v) is 5.04. The average Bonchev–Trinajstić information content (AvgIpc) is 2.63. The summed E-state index contributed by atoms with van der Waals surface area (Å²) in [6.45, 7) is 4.16. The Morgan fingerprint density at radius 3 is 2.88 bits per heavy atom. The van der Waals surface area contributed by atoms with Gasteiger partial charge in [0.2, 0.25) is 0 Å². The van der Waals surface area contributed by atoms with E-state index < -0.39 is 0 Å². The van der Waals surface area contributed by atoms with Crippen molar-refractivity contribution in [3.8, 4) is 0 Å². The maximum atomic E-state index is 6.22. The molecule has 1 aliphatic rings. The molecule has 2 atom stereocenters. The minimum atomic E-state index is 0.149. The van der Waals surface area contributed by atoms with Crippen LogP contribution in [-0.2, 0) is 0 Å². The van der Waals surface area contributed by atoms with Gasteiger partial charge in [0.25, 0.3) is 0 Å². The molecular formula is C12H16Cl2N2. The molecule has 0 bridgehead atoms. The van der Waals surface area contributed by atoms with Crippen LogP contribution in [-0.4, -0.2) is 24.0 Å². The van der Waals surface area contributed by atoms with E-state index in [4.69, 9.17) is 28.9 Å². The predicted octanol–water partition coefficient (Wildman–Crippen LogP) is 3.09. The lowest BCUT2D eigenvalue weighted by molar-refractivity contribution is 0.261. The maximum absolute atomic E-state index is 6.22. The Hall–Kier alpha value is -0.280. The monoisotopic (exact) mass is 258 g/mol. The van der Waals surface area contributed by atoms with Crippen LogP contribution in [0.2, 0.25) is 10.0 Å². The van der Waals surface area contributed by atoms with Crippen LogP contribution < -0.4 is 5.73 Å². The molecule has 2 nitrogen and oxygen atoms in total. The summed E-state index contributed by atoms with van der Waals surface area (Å²) >= 11 is 12.2. The molecule has 1 aliphatic heterocycles. The number of rotatable bonds is 2. The number of likely N-dealkylation sites (tertiary alicyclic amines) is 1. The molecule has 16 heavy (non-hydrogen) atoms. The predicted molar refractivity (Wildman–Crippen MR) is 69.0 cm³/mol. The zero-order chi connectivity index (χ0) is 11.7. The first kappa shape index (κ1) is 12.2. The third-order valence-corrected chi connectivity index (χ3v) is 3.81. The van der Waals surface area contributed by atoms with Crippen LogP contribution in [0.4, 0.5) is 0 Å². The van der Waals surface area contributed by atoms with E-state index in [1.807, 2.05) is 18.2 Å². The summed E-state index contributed by atoms with van der Waals surface area (Å²) in [5.41, 5.74) is 7.21. The zero-order valence-corrected chi connectivity index (χ0v) is 10.8. The van der Waals surface area contributed by atoms with Gasteiger partial charge in [-0.25, -0.2) is 0 Å². The molecule has 1 aromatic rings. The first-order valence-electron chi connectivity index (χ1n) is 5.58. The fourth-order valence-corrected chi connectivity index (χ4v) is 2.82. The summed E-state index contributed by atoms with van der Waals surface area (Å²) in [5, 5.41) is 1.47. The van der Waals surface area contributed by atoms with E-state index in [0.29, 0.717) is 0 Å². The Labute approximate surface area is 106 Å². The molecule has 1 saturated heterocycles. The van der Waals surface area contributed by atoms with E-state index in [9.17, 15) is 0 Å². The molecule has 2 N–H and O–H groups in total. The summed E-state index contributed by atoms with van der Waals surface area (Å²) < 4.78 is 0. The van der Waals surface area contributed by atoms with Gasteiger partial charge >= 0.3 is 0 Å². The Morgan fingerprint density at radius 2 is 2.19 bits per heavy atom. The van der Waals surface area contributed by atoms with Crippen LogP contribution in [0.1, 0.15) is 24.9 Å². The van der Waals surface area contributed by atoms with E-state index in [0.717, 1.165) is 35.1 Å². The van der Waals surface area contributed by atoms with Gasteiger partial charge in [-0.15, -0.1) is 0 Å². The molecule has 0 spiro atoms. The SMILES string of the molecule is CCN1CCC(N)C1c1cc(Cl)ccc1Cl. The molecule has 2 rings (SSSR count). The molecule has 4 heteroatoms. The number of hydrogen-bond acceptors (Lipinski definition) is 2. The van der Waals surface area contributed by atoms with Crippen molar-refractivity contribution in [2.45, 2.75) is 25.4 Å². The van der Waals surface area contributed by atoms with Gasteiger partial charge in [-0.2, -0.15) is 0 Å². The van der Waals surface area contributed by atoms with Crippen molar-refractivity contribution in [2.24, 2.45) is 5.73 Å².